The molecule has 0 bridgehead atoms. The Morgan fingerprint density at radius 3 is 3.15 bits per heavy atom. The quantitative estimate of drug-likeness (QED) is 0.780. The van der Waals surface area contributed by atoms with E-state index in [-0.39, 0.29) is 6.42 Å². The van der Waals surface area contributed by atoms with Crippen LogP contribution in [0.2, 0.25) is 0 Å². The molecule has 0 saturated heterocycles. The van der Waals surface area contributed by atoms with Gasteiger partial charge in [0.2, 0.25) is 0 Å². The maximum atomic E-state index is 10.3. The van der Waals surface area contributed by atoms with Crippen LogP contribution >= 0.6 is 11.3 Å². The molecule has 1 heterocycles. The summed E-state index contributed by atoms with van der Waals surface area (Å²) in [6, 6.07) is 0. The molecule has 0 saturated carbocycles. The minimum absolute atomic E-state index is 0.0113. The molecule has 72 valence electrons. The third-order valence-electron chi connectivity index (χ3n) is 1.36. The first-order valence-electron chi connectivity index (χ1n) is 3.95. The summed E-state index contributed by atoms with van der Waals surface area (Å²) >= 11 is 1.43. The standard InChI is InChI=1S/C8H11NO3S/c1-2-12-4-7-9-6(5-13-7)3-8(10)11/h5H,2-4H2,1H3,(H,10,11). The predicted octanol–water partition coefficient (Wildman–Crippen LogP) is 1.31. The van der Waals surface area contributed by atoms with E-state index >= 15 is 0 Å². The lowest BCUT2D eigenvalue weighted by Gasteiger charge is -1.94. The highest BCUT2D eigenvalue weighted by molar-refractivity contribution is 7.09. The van der Waals surface area contributed by atoms with Crippen LogP contribution in [-0.4, -0.2) is 22.7 Å². The topological polar surface area (TPSA) is 59.4 Å². The van der Waals surface area contributed by atoms with E-state index in [1.165, 1.54) is 11.3 Å². The van der Waals surface area contributed by atoms with E-state index in [4.69, 9.17) is 9.84 Å². The number of aliphatic carboxylic acids is 1. The molecule has 1 rings (SSSR count). The molecule has 0 atom stereocenters. The number of carboxylic acids is 1. The molecule has 0 aromatic carbocycles. The van der Waals surface area contributed by atoms with Crippen molar-refractivity contribution >= 4 is 17.3 Å². The molecule has 1 aromatic heterocycles. The fourth-order valence-corrected chi connectivity index (χ4v) is 1.57. The van der Waals surface area contributed by atoms with Crippen LogP contribution in [0.25, 0.3) is 0 Å². The van der Waals surface area contributed by atoms with Gasteiger partial charge in [-0.3, -0.25) is 4.79 Å². The maximum Gasteiger partial charge on any atom is 0.309 e. The van der Waals surface area contributed by atoms with Crippen molar-refractivity contribution in [1.82, 2.24) is 4.98 Å². The number of ether oxygens (including phenoxy) is 1. The summed E-state index contributed by atoms with van der Waals surface area (Å²) in [5.41, 5.74) is 0.604. The molecule has 0 amide bonds. The van der Waals surface area contributed by atoms with Crippen molar-refractivity contribution in [3.63, 3.8) is 0 Å². The third kappa shape index (κ3) is 3.52. The number of thiazole rings is 1. The van der Waals surface area contributed by atoms with Gasteiger partial charge in [0.05, 0.1) is 18.7 Å². The minimum atomic E-state index is -0.853. The van der Waals surface area contributed by atoms with Crippen molar-refractivity contribution in [2.24, 2.45) is 0 Å². The number of hydrogen-bond donors (Lipinski definition) is 1. The van der Waals surface area contributed by atoms with Crippen LogP contribution in [0.3, 0.4) is 0 Å². The Morgan fingerprint density at radius 1 is 1.77 bits per heavy atom. The Bertz CT molecular complexity index is 285. The Hall–Kier alpha value is -0.940. The molecule has 0 unspecified atom stereocenters. The van der Waals surface area contributed by atoms with E-state index < -0.39 is 5.97 Å². The second-order valence-electron chi connectivity index (χ2n) is 2.44. The molecule has 0 aliphatic rings. The monoisotopic (exact) mass is 201 g/mol. The zero-order valence-electron chi connectivity index (χ0n) is 7.32. The van der Waals surface area contributed by atoms with Gasteiger partial charge in [-0.25, -0.2) is 4.98 Å². The average molecular weight is 201 g/mol. The second kappa shape index (κ2) is 4.94. The number of aromatic nitrogens is 1. The van der Waals surface area contributed by atoms with Gasteiger partial charge in [-0.15, -0.1) is 11.3 Å². The zero-order valence-corrected chi connectivity index (χ0v) is 8.13. The molecule has 5 heteroatoms. The van der Waals surface area contributed by atoms with Crippen LogP contribution in [0.4, 0.5) is 0 Å². The van der Waals surface area contributed by atoms with Gasteiger partial charge >= 0.3 is 5.97 Å². The van der Waals surface area contributed by atoms with Gasteiger partial charge in [0.1, 0.15) is 5.01 Å². The SMILES string of the molecule is CCOCc1nc(CC(=O)O)cs1. The summed E-state index contributed by atoms with van der Waals surface area (Å²) in [5.74, 6) is -0.853. The Balaban J connectivity index is 2.48. The predicted molar refractivity (Wildman–Crippen MR) is 48.8 cm³/mol. The molecule has 13 heavy (non-hydrogen) atoms. The number of nitrogens with zero attached hydrogens (tertiary/aromatic N) is 1. The van der Waals surface area contributed by atoms with E-state index in [0.717, 1.165) is 5.01 Å². The van der Waals surface area contributed by atoms with E-state index in [1.54, 1.807) is 5.38 Å². The summed E-state index contributed by atoms with van der Waals surface area (Å²) in [6.07, 6.45) is -0.0113. The summed E-state index contributed by atoms with van der Waals surface area (Å²) in [7, 11) is 0. The molecule has 0 fully saturated rings. The molecule has 4 nitrogen and oxygen atoms in total. The second-order valence-corrected chi connectivity index (χ2v) is 3.38. The van der Waals surface area contributed by atoms with Crippen molar-refractivity contribution < 1.29 is 14.6 Å². The average Bonchev–Trinajstić information content (AvgIpc) is 2.48. The first kappa shape index (κ1) is 10.1. The zero-order chi connectivity index (χ0) is 9.68. The van der Waals surface area contributed by atoms with Gasteiger partial charge in [0.25, 0.3) is 0 Å². The van der Waals surface area contributed by atoms with Crippen LogP contribution in [0.5, 0.6) is 0 Å². The van der Waals surface area contributed by atoms with Gasteiger partial charge in [0, 0.05) is 12.0 Å². The van der Waals surface area contributed by atoms with Crippen molar-refractivity contribution in [3.8, 4) is 0 Å². The van der Waals surface area contributed by atoms with E-state index in [0.29, 0.717) is 18.9 Å². The van der Waals surface area contributed by atoms with E-state index in [2.05, 4.69) is 4.98 Å². The Kier molecular flexibility index (Phi) is 3.85. The van der Waals surface area contributed by atoms with Crippen molar-refractivity contribution in [2.45, 2.75) is 20.0 Å². The van der Waals surface area contributed by atoms with Crippen LogP contribution in [0.1, 0.15) is 17.6 Å². The van der Waals surface area contributed by atoms with Gasteiger partial charge < -0.3 is 9.84 Å². The van der Waals surface area contributed by atoms with E-state index in [1.807, 2.05) is 6.92 Å². The highest BCUT2D eigenvalue weighted by Gasteiger charge is 2.05. The fourth-order valence-electron chi connectivity index (χ4n) is 0.841. The third-order valence-corrected chi connectivity index (χ3v) is 2.23. The minimum Gasteiger partial charge on any atom is -0.481 e. The van der Waals surface area contributed by atoms with Crippen molar-refractivity contribution in [2.75, 3.05) is 6.61 Å². The lowest BCUT2D eigenvalue weighted by molar-refractivity contribution is -0.136. The van der Waals surface area contributed by atoms with Gasteiger partial charge in [-0.05, 0) is 6.92 Å². The normalized spacial score (nSPS) is 10.2. The van der Waals surface area contributed by atoms with E-state index in [9.17, 15) is 4.79 Å². The molecule has 0 radical (unpaired) electrons. The van der Waals surface area contributed by atoms with Gasteiger partial charge in [-0.1, -0.05) is 0 Å². The lowest BCUT2D eigenvalue weighted by atomic mass is 10.3. The summed E-state index contributed by atoms with van der Waals surface area (Å²) in [5, 5.41) is 11.1. The summed E-state index contributed by atoms with van der Waals surface area (Å²) < 4.78 is 5.14. The molecular formula is C8H11NO3S. The van der Waals surface area contributed by atoms with Crippen molar-refractivity contribution in [3.05, 3.63) is 16.1 Å². The first-order chi connectivity index (χ1) is 6.22. The number of hydrogen-bond acceptors (Lipinski definition) is 4. The van der Waals surface area contributed by atoms with Crippen molar-refractivity contribution in [1.29, 1.82) is 0 Å². The molecule has 1 N–H and O–H groups in total. The Labute approximate surface area is 80.2 Å². The van der Waals surface area contributed by atoms with Crippen LogP contribution < -0.4 is 0 Å². The fraction of sp³-hybridized carbons (Fsp3) is 0.500. The largest absolute Gasteiger partial charge is 0.481 e. The highest BCUT2D eigenvalue weighted by Crippen LogP contribution is 2.11. The Morgan fingerprint density at radius 2 is 2.54 bits per heavy atom. The molecule has 0 spiro atoms. The van der Waals surface area contributed by atoms with Gasteiger partial charge in [0.15, 0.2) is 0 Å². The number of carboxylic acid groups (broad SMARTS) is 1. The molecule has 0 aliphatic carbocycles. The van der Waals surface area contributed by atoms with Gasteiger partial charge in [-0.2, -0.15) is 0 Å². The van der Waals surface area contributed by atoms with Crippen LogP contribution in [-0.2, 0) is 22.6 Å². The number of carbonyl (C=O) groups is 1. The molecule has 0 aliphatic heterocycles. The summed E-state index contributed by atoms with van der Waals surface area (Å²) in [6.45, 7) is 3.03. The molecular weight excluding hydrogens is 190 g/mol. The van der Waals surface area contributed by atoms with Crippen LogP contribution in [0.15, 0.2) is 5.38 Å². The number of rotatable bonds is 5. The molecule has 1 aromatic rings. The highest BCUT2D eigenvalue weighted by atomic mass is 32.1. The smallest absolute Gasteiger partial charge is 0.309 e. The van der Waals surface area contributed by atoms with Crippen LogP contribution in [0, 0.1) is 0 Å². The maximum absolute atomic E-state index is 10.3. The lowest BCUT2D eigenvalue weighted by Crippen LogP contribution is -2.00. The first-order valence-corrected chi connectivity index (χ1v) is 4.83. The summed E-state index contributed by atoms with van der Waals surface area (Å²) in [4.78, 5) is 14.4.